The molecule has 3 aromatic rings. The molecule has 0 atom stereocenters. The lowest BCUT2D eigenvalue weighted by Gasteiger charge is -2.10. The number of aromatic nitrogens is 2. The molecular formula is C14H12ClN3O3S2. The molecule has 0 bridgehead atoms. The number of sulfonamides is 1. The van der Waals surface area contributed by atoms with Crippen LogP contribution >= 0.6 is 22.9 Å². The molecule has 0 saturated heterocycles. The van der Waals surface area contributed by atoms with Crippen molar-refractivity contribution >= 4 is 38.6 Å². The van der Waals surface area contributed by atoms with Crippen molar-refractivity contribution in [2.45, 2.75) is 18.1 Å². The van der Waals surface area contributed by atoms with E-state index >= 15 is 0 Å². The molecule has 0 spiro atoms. The zero-order valence-corrected chi connectivity index (χ0v) is 14.6. The topological polar surface area (TPSA) is 85.1 Å². The number of rotatable bonds is 4. The van der Waals surface area contributed by atoms with Gasteiger partial charge in [0.25, 0.3) is 15.9 Å². The highest BCUT2D eigenvalue weighted by Gasteiger charge is 2.20. The summed E-state index contributed by atoms with van der Waals surface area (Å²) >= 11 is 7.07. The third-order valence-corrected chi connectivity index (χ3v) is 6.44. The average molecular weight is 370 g/mol. The van der Waals surface area contributed by atoms with E-state index in [1.165, 1.54) is 6.07 Å². The molecule has 6 nitrogen and oxygen atoms in total. The van der Waals surface area contributed by atoms with E-state index in [1.807, 2.05) is 0 Å². The summed E-state index contributed by atoms with van der Waals surface area (Å²) in [6.07, 6.45) is 0. The third-order valence-electron chi connectivity index (χ3n) is 3.10. The summed E-state index contributed by atoms with van der Waals surface area (Å²) < 4.78 is 33.0. The monoisotopic (exact) mass is 369 g/mol. The molecule has 9 heteroatoms. The maximum absolute atomic E-state index is 12.5. The van der Waals surface area contributed by atoms with Gasteiger partial charge in [0.05, 0.1) is 10.6 Å². The zero-order valence-electron chi connectivity index (χ0n) is 12.2. The lowest BCUT2D eigenvalue weighted by molar-refractivity contribution is 0.534. The molecule has 120 valence electrons. The van der Waals surface area contributed by atoms with Crippen LogP contribution < -0.4 is 4.72 Å². The number of hydrogen-bond acceptors (Lipinski definition) is 6. The minimum atomic E-state index is -3.71. The normalized spacial score (nSPS) is 11.6. The maximum atomic E-state index is 12.5. The van der Waals surface area contributed by atoms with Crippen molar-refractivity contribution in [2.75, 3.05) is 4.72 Å². The molecule has 0 aliphatic rings. The van der Waals surface area contributed by atoms with Crippen LogP contribution in [0.1, 0.15) is 11.5 Å². The summed E-state index contributed by atoms with van der Waals surface area (Å²) in [4.78, 5) is 0.591. The van der Waals surface area contributed by atoms with Crippen molar-refractivity contribution in [1.29, 1.82) is 0 Å². The lowest BCUT2D eigenvalue weighted by atomic mass is 10.2. The molecule has 0 fully saturated rings. The van der Waals surface area contributed by atoms with Crippen molar-refractivity contribution in [1.82, 2.24) is 10.2 Å². The van der Waals surface area contributed by atoms with Crippen LogP contribution in [0.2, 0.25) is 5.02 Å². The molecule has 0 unspecified atom stereocenters. The molecule has 2 aromatic heterocycles. The first kappa shape index (κ1) is 16.0. The Kier molecular flexibility index (Phi) is 4.13. The standard InChI is InChI=1S/C14H12ClN3O3S2/c1-8-10(15)4-3-5-11(8)18-23(19,20)13-7-6-12(22-13)14-17-16-9(2)21-14/h3-7,18H,1-2H3. The van der Waals surface area contributed by atoms with Gasteiger partial charge in [0, 0.05) is 11.9 Å². The summed E-state index contributed by atoms with van der Waals surface area (Å²) in [5, 5.41) is 8.11. The lowest BCUT2D eigenvalue weighted by Crippen LogP contribution is -2.12. The van der Waals surface area contributed by atoms with E-state index in [2.05, 4.69) is 14.9 Å². The molecule has 3 rings (SSSR count). The van der Waals surface area contributed by atoms with Gasteiger partial charge in [-0.15, -0.1) is 21.5 Å². The first-order chi connectivity index (χ1) is 10.9. The Bertz CT molecular complexity index is 963. The predicted octanol–water partition coefficient (Wildman–Crippen LogP) is 3.87. The van der Waals surface area contributed by atoms with E-state index in [1.54, 1.807) is 38.1 Å². The van der Waals surface area contributed by atoms with Crippen LogP contribution in [0.3, 0.4) is 0 Å². The fourth-order valence-electron chi connectivity index (χ4n) is 1.89. The molecule has 2 heterocycles. The van der Waals surface area contributed by atoms with Crippen molar-refractivity contribution in [3.8, 4) is 10.8 Å². The second-order valence-corrected chi connectivity index (χ2v) is 8.16. The summed E-state index contributed by atoms with van der Waals surface area (Å²) in [6, 6.07) is 8.19. The fourth-order valence-corrected chi connectivity index (χ4v) is 4.41. The van der Waals surface area contributed by atoms with Gasteiger partial charge < -0.3 is 4.42 Å². The minimum absolute atomic E-state index is 0.155. The van der Waals surface area contributed by atoms with E-state index < -0.39 is 10.0 Å². The highest BCUT2D eigenvalue weighted by atomic mass is 35.5. The van der Waals surface area contributed by atoms with E-state index in [0.29, 0.717) is 32.9 Å². The van der Waals surface area contributed by atoms with Gasteiger partial charge in [0.1, 0.15) is 4.21 Å². The highest BCUT2D eigenvalue weighted by molar-refractivity contribution is 7.94. The van der Waals surface area contributed by atoms with E-state index in [0.717, 1.165) is 11.3 Å². The fraction of sp³-hybridized carbons (Fsp3) is 0.143. The molecule has 0 aliphatic carbocycles. The Hall–Kier alpha value is -1.90. The van der Waals surface area contributed by atoms with Gasteiger partial charge in [-0.05, 0) is 36.8 Å². The first-order valence-electron chi connectivity index (χ1n) is 6.55. The van der Waals surface area contributed by atoms with Gasteiger partial charge in [-0.25, -0.2) is 8.42 Å². The van der Waals surface area contributed by atoms with Crippen LogP contribution in [0, 0.1) is 13.8 Å². The summed E-state index contributed by atoms with van der Waals surface area (Å²) in [6.45, 7) is 3.42. The van der Waals surface area contributed by atoms with Crippen LogP contribution in [0.25, 0.3) is 10.8 Å². The SMILES string of the molecule is Cc1nnc(-c2ccc(S(=O)(=O)Nc3cccc(Cl)c3C)s2)o1. The molecule has 0 amide bonds. The number of thiophene rings is 1. The predicted molar refractivity (Wildman–Crippen MR) is 89.3 cm³/mol. The Morgan fingerprint density at radius 3 is 2.65 bits per heavy atom. The number of aryl methyl sites for hydroxylation is 1. The molecule has 1 aromatic carbocycles. The van der Waals surface area contributed by atoms with E-state index in [-0.39, 0.29) is 4.21 Å². The number of nitrogens with one attached hydrogen (secondary N) is 1. The number of nitrogens with zero attached hydrogens (tertiary/aromatic N) is 2. The number of hydrogen-bond donors (Lipinski definition) is 1. The second kappa shape index (κ2) is 5.95. The van der Waals surface area contributed by atoms with Gasteiger partial charge in [-0.2, -0.15) is 0 Å². The Morgan fingerprint density at radius 2 is 1.96 bits per heavy atom. The molecule has 0 saturated carbocycles. The zero-order chi connectivity index (χ0) is 16.6. The molecule has 0 radical (unpaired) electrons. The van der Waals surface area contributed by atoms with Gasteiger partial charge in [-0.3, -0.25) is 4.72 Å². The summed E-state index contributed by atoms with van der Waals surface area (Å²) in [5.74, 6) is 0.721. The summed E-state index contributed by atoms with van der Waals surface area (Å²) in [5.41, 5.74) is 1.11. The Labute approximate surface area is 142 Å². The van der Waals surface area contributed by atoms with E-state index in [9.17, 15) is 8.42 Å². The maximum Gasteiger partial charge on any atom is 0.271 e. The van der Waals surface area contributed by atoms with Crippen molar-refractivity contribution in [3.05, 3.63) is 46.8 Å². The van der Waals surface area contributed by atoms with Crippen LogP contribution in [-0.2, 0) is 10.0 Å². The van der Waals surface area contributed by atoms with Crippen molar-refractivity contribution in [3.63, 3.8) is 0 Å². The third kappa shape index (κ3) is 3.24. The largest absolute Gasteiger partial charge is 0.420 e. The van der Waals surface area contributed by atoms with Crippen LogP contribution in [0.4, 0.5) is 5.69 Å². The highest BCUT2D eigenvalue weighted by Crippen LogP contribution is 2.32. The smallest absolute Gasteiger partial charge is 0.271 e. The number of benzene rings is 1. The molecule has 0 aliphatic heterocycles. The Morgan fingerprint density at radius 1 is 1.17 bits per heavy atom. The molecule has 23 heavy (non-hydrogen) atoms. The Balaban J connectivity index is 1.91. The van der Waals surface area contributed by atoms with Gasteiger partial charge >= 0.3 is 0 Å². The van der Waals surface area contributed by atoms with Gasteiger partial charge in [0.2, 0.25) is 5.89 Å². The number of anilines is 1. The van der Waals surface area contributed by atoms with Gasteiger partial charge in [0.15, 0.2) is 0 Å². The van der Waals surface area contributed by atoms with E-state index in [4.69, 9.17) is 16.0 Å². The number of halogens is 1. The minimum Gasteiger partial charge on any atom is -0.420 e. The second-order valence-electron chi connectivity index (χ2n) is 4.76. The van der Waals surface area contributed by atoms with Crippen LogP contribution in [-0.4, -0.2) is 18.6 Å². The molecular weight excluding hydrogens is 358 g/mol. The van der Waals surface area contributed by atoms with Crippen molar-refractivity contribution < 1.29 is 12.8 Å². The van der Waals surface area contributed by atoms with Crippen molar-refractivity contribution in [2.24, 2.45) is 0 Å². The average Bonchev–Trinajstić information content (AvgIpc) is 3.12. The quantitative estimate of drug-likeness (QED) is 0.754. The summed E-state index contributed by atoms with van der Waals surface area (Å²) in [7, 11) is -3.71. The first-order valence-corrected chi connectivity index (χ1v) is 9.23. The molecule has 1 N–H and O–H groups in total. The van der Waals surface area contributed by atoms with Crippen LogP contribution in [0.15, 0.2) is 39.0 Å². The van der Waals surface area contributed by atoms with Gasteiger partial charge in [-0.1, -0.05) is 17.7 Å². The van der Waals surface area contributed by atoms with Crippen LogP contribution in [0.5, 0.6) is 0 Å².